The molecule has 0 aromatic heterocycles. The number of aliphatic hydroxyl groups is 1. The summed E-state index contributed by atoms with van der Waals surface area (Å²) in [6.07, 6.45) is 1.03. The number of ketones is 1. The molecule has 0 radical (unpaired) electrons. The van der Waals surface area contributed by atoms with Gasteiger partial charge in [0, 0.05) is 19.5 Å². The molecule has 5 atom stereocenters. The van der Waals surface area contributed by atoms with Crippen molar-refractivity contribution in [2.75, 3.05) is 39.5 Å². The van der Waals surface area contributed by atoms with Gasteiger partial charge in [0.25, 0.3) is 10.1 Å². The number of hydrogen-bond acceptors (Lipinski definition) is 11. The predicted octanol–water partition coefficient (Wildman–Crippen LogP) is 3.26. The highest BCUT2D eigenvalue weighted by Gasteiger charge is 2.40. The molecule has 63 heavy (non-hydrogen) atoms. The summed E-state index contributed by atoms with van der Waals surface area (Å²) in [4.78, 5) is 71.7. The van der Waals surface area contributed by atoms with Crippen LogP contribution in [0.1, 0.15) is 70.6 Å². The normalized spacial score (nSPS) is 16.3. The molecule has 16 heteroatoms. The minimum absolute atomic E-state index is 0.00887. The van der Waals surface area contributed by atoms with Gasteiger partial charge in [-0.25, -0.2) is 0 Å². The van der Waals surface area contributed by atoms with Crippen molar-refractivity contribution in [3.63, 3.8) is 0 Å². The van der Waals surface area contributed by atoms with Gasteiger partial charge >= 0.3 is 0 Å². The van der Waals surface area contributed by atoms with Gasteiger partial charge in [-0.1, -0.05) is 106 Å². The lowest BCUT2D eigenvalue weighted by Gasteiger charge is -2.30. The van der Waals surface area contributed by atoms with Crippen LogP contribution in [0.25, 0.3) is 0 Å². The van der Waals surface area contributed by atoms with Crippen LogP contribution in [0.2, 0.25) is 0 Å². The molecule has 344 valence electrons. The minimum Gasteiger partial charge on any atom is -0.380 e. The van der Waals surface area contributed by atoms with Crippen LogP contribution in [-0.2, 0) is 55.9 Å². The first-order valence-electron chi connectivity index (χ1n) is 21.6. The quantitative estimate of drug-likeness (QED) is 0.0825. The predicted molar refractivity (Wildman–Crippen MR) is 239 cm³/mol. The van der Waals surface area contributed by atoms with Gasteiger partial charge in [0.1, 0.15) is 30.3 Å². The van der Waals surface area contributed by atoms with E-state index in [2.05, 4.69) is 21.3 Å². The first kappa shape index (κ1) is 50.6. The van der Waals surface area contributed by atoms with E-state index in [-0.39, 0.29) is 54.9 Å². The Bertz CT molecular complexity index is 2060. The fourth-order valence-corrected chi connectivity index (χ4v) is 8.11. The van der Waals surface area contributed by atoms with Crippen molar-refractivity contribution in [1.29, 1.82) is 0 Å². The summed E-state index contributed by atoms with van der Waals surface area (Å²) in [6.45, 7) is 11.7. The standard InChI is InChI=1S/C47H65N5O10S/c1-32(2)27-39(43(54)47(6,58)31-62-63(59,60)37-20-17-34(5)18-21-37)49-46(57)41(29-36-15-11-8-12-16-36)51-45(56)40(28-33(3)4)50-44(55)38(22-19-35-13-9-7-10-14-35)48-42(53)30-52-23-25-61-26-24-52/h7-18,20-21,32-33,38-41,58H,19,22-31H2,1-6H3,(H,48,53)(H,49,57)(H,50,55)(H,51,56)/t38-,39-,40?,41-,47?/m0/s1. The second kappa shape index (κ2) is 24.2. The molecule has 4 amide bonds. The van der Waals surface area contributed by atoms with Crippen LogP contribution in [0, 0.1) is 18.8 Å². The van der Waals surface area contributed by atoms with Crippen LogP contribution in [0.3, 0.4) is 0 Å². The fourth-order valence-electron chi connectivity index (χ4n) is 7.12. The molecule has 0 saturated carbocycles. The smallest absolute Gasteiger partial charge is 0.297 e. The highest BCUT2D eigenvalue weighted by Crippen LogP contribution is 2.20. The largest absolute Gasteiger partial charge is 0.380 e. The summed E-state index contributed by atoms with van der Waals surface area (Å²) in [5, 5.41) is 22.6. The van der Waals surface area contributed by atoms with Gasteiger partial charge in [-0.2, -0.15) is 8.42 Å². The lowest BCUT2D eigenvalue weighted by Crippen LogP contribution is -2.60. The summed E-state index contributed by atoms with van der Waals surface area (Å²) >= 11 is 0. The lowest BCUT2D eigenvalue weighted by atomic mass is 9.90. The van der Waals surface area contributed by atoms with Gasteiger partial charge in [0.2, 0.25) is 23.6 Å². The molecule has 1 aliphatic rings. The first-order chi connectivity index (χ1) is 29.8. The maximum Gasteiger partial charge on any atom is 0.297 e. The van der Waals surface area contributed by atoms with E-state index in [1.165, 1.54) is 12.1 Å². The number of carbonyl (C=O) groups is 5. The Labute approximate surface area is 372 Å². The lowest BCUT2D eigenvalue weighted by molar-refractivity contribution is -0.143. The summed E-state index contributed by atoms with van der Waals surface area (Å²) in [6, 6.07) is 19.7. The van der Waals surface area contributed by atoms with Crippen molar-refractivity contribution in [3.8, 4) is 0 Å². The van der Waals surface area contributed by atoms with Crippen molar-refractivity contribution in [2.24, 2.45) is 11.8 Å². The molecule has 4 rings (SSSR count). The highest BCUT2D eigenvalue weighted by molar-refractivity contribution is 7.86. The van der Waals surface area contributed by atoms with E-state index in [9.17, 15) is 37.5 Å². The second-order valence-corrected chi connectivity index (χ2v) is 18.9. The first-order valence-corrected chi connectivity index (χ1v) is 23.0. The summed E-state index contributed by atoms with van der Waals surface area (Å²) in [5.74, 6) is -3.39. The Morgan fingerprint density at radius 1 is 0.714 bits per heavy atom. The van der Waals surface area contributed by atoms with Gasteiger partial charge in [0.15, 0.2) is 5.78 Å². The van der Waals surface area contributed by atoms with Crippen LogP contribution >= 0.6 is 0 Å². The zero-order valence-corrected chi connectivity index (χ0v) is 38.1. The molecular weight excluding hydrogens is 827 g/mol. The Balaban J connectivity index is 1.54. The summed E-state index contributed by atoms with van der Waals surface area (Å²) in [7, 11) is -4.34. The van der Waals surface area contributed by atoms with Gasteiger partial charge in [-0.15, -0.1) is 0 Å². The molecule has 0 bridgehead atoms. The topological polar surface area (TPSA) is 210 Å². The second-order valence-electron chi connectivity index (χ2n) is 17.3. The van der Waals surface area contributed by atoms with Gasteiger partial charge in [-0.3, -0.25) is 33.1 Å². The number of nitrogens with one attached hydrogen (secondary N) is 4. The van der Waals surface area contributed by atoms with Gasteiger partial charge in [-0.05, 0) is 74.6 Å². The van der Waals surface area contributed by atoms with E-state index in [1.54, 1.807) is 49.4 Å². The average Bonchev–Trinajstić information content (AvgIpc) is 3.24. The average molecular weight is 892 g/mol. The van der Waals surface area contributed by atoms with Crippen LogP contribution in [0.5, 0.6) is 0 Å². The van der Waals surface area contributed by atoms with Crippen LogP contribution in [0.4, 0.5) is 0 Å². The van der Waals surface area contributed by atoms with Crippen molar-refractivity contribution in [3.05, 3.63) is 102 Å². The van der Waals surface area contributed by atoms with Crippen molar-refractivity contribution >= 4 is 39.5 Å². The fraction of sp³-hybridized carbons (Fsp3) is 0.511. The maximum absolute atomic E-state index is 14.3. The Morgan fingerprint density at radius 3 is 1.81 bits per heavy atom. The molecule has 5 N–H and O–H groups in total. The van der Waals surface area contributed by atoms with Crippen molar-refractivity contribution < 1.29 is 46.4 Å². The number of amides is 4. The van der Waals surface area contributed by atoms with E-state index < -0.39 is 70.0 Å². The number of nitrogens with zero attached hydrogens (tertiary/aromatic N) is 1. The summed E-state index contributed by atoms with van der Waals surface area (Å²) in [5.41, 5.74) is 0.151. The Kier molecular flexibility index (Phi) is 19.4. The third kappa shape index (κ3) is 16.9. The molecule has 3 aromatic carbocycles. The Morgan fingerprint density at radius 2 is 1.22 bits per heavy atom. The number of aryl methyl sites for hydroxylation is 2. The maximum atomic E-state index is 14.3. The molecule has 1 heterocycles. The third-order valence-electron chi connectivity index (χ3n) is 10.6. The molecule has 1 aliphatic heterocycles. The zero-order valence-electron chi connectivity index (χ0n) is 37.3. The molecule has 15 nitrogen and oxygen atoms in total. The SMILES string of the molecule is Cc1ccc(S(=O)(=O)OCC(C)(O)C(=O)[C@H](CC(C)C)NC(=O)[C@H](Cc2ccccc2)NC(=O)C(CC(C)C)NC(=O)[C@H](CCc2ccccc2)NC(=O)CN2CCOCC2)cc1. The Hall–Kier alpha value is -5.00. The number of rotatable bonds is 24. The van der Waals surface area contributed by atoms with Crippen molar-refractivity contribution in [1.82, 2.24) is 26.2 Å². The molecule has 0 aliphatic carbocycles. The number of ether oxygens (including phenoxy) is 1. The monoisotopic (exact) mass is 891 g/mol. The van der Waals surface area contributed by atoms with Crippen LogP contribution in [-0.4, -0.2) is 117 Å². The van der Waals surface area contributed by atoms with E-state index in [0.717, 1.165) is 18.1 Å². The van der Waals surface area contributed by atoms with E-state index in [1.807, 2.05) is 62.9 Å². The van der Waals surface area contributed by atoms with Crippen molar-refractivity contribution in [2.45, 2.75) is 108 Å². The molecular formula is C47H65N5O10S. The van der Waals surface area contributed by atoms with E-state index in [0.29, 0.717) is 38.3 Å². The van der Waals surface area contributed by atoms with E-state index in [4.69, 9.17) is 8.92 Å². The highest BCUT2D eigenvalue weighted by atomic mass is 32.2. The van der Waals surface area contributed by atoms with Crippen LogP contribution in [0.15, 0.2) is 89.8 Å². The van der Waals surface area contributed by atoms with Gasteiger partial charge < -0.3 is 31.1 Å². The summed E-state index contributed by atoms with van der Waals surface area (Å²) < 4.78 is 36.4. The number of Topliss-reactive ketones (excluding diaryl/α,β-unsaturated/α-hetero) is 1. The minimum atomic E-state index is -4.34. The number of benzene rings is 3. The number of carbonyl (C=O) groups excluding carboxylic acids is 5. The number of morpholine rings is 1. The number of hydrogen-bond donors (Lipinski definition) is 5. The molecule has 3 aromatic rings. The molecule has 1 saturated heterocycles. The molecule has 0 spiro atoms. The van der Waals surface area contributed by atoms with Crippen LogP contribution < -0.4 is 21.3 Å². The van der Waals surface area contributed by atoms with Gasteiger partial charge in [0.05, 0.1) is 30.7 Å². The zero-order chi connectivity index (χ0) is 46.2. The third-order valence-corrected chi connectivity index (χ3v) is 11.9. The van der Waals surface area contributed by atoms with E-state index >= 15 is 0 Å². The molecule has 2 unspecified atom stereocenters. The molecule has 1 fully saturated rings.